The molecule has 0 aliphatic heterocycles. The fourth-order valence-electron chi connectivity index (χ4n) is 2.03. The van der Waals surface area contributed by atoms with Crippen LogP contribution in [0.15, 0.2) is 6.33 Å². The lowest BCUT2D eigenvalue weighted by Gasteiger charge is -2.16. The molecular weight excluding hydrogens is 262 g/mol. The van der Waals surface area contributed by atoms with Gasteiger partial charge in [-0.3, -0.25) is 9.48 Å². The number of aromatic nitrogens is 3. The minimum atomic E-state index is -0.889. The average Bonchev–Trinajstić information content (AvgIpc) is 3.12. The van der Waals surface area contributed by atoms with Crippen molar-refractivity contribution in [1.29, 1.82) is 0 Å². The van der Waals surface area contributed by atoms with Crippen molar-refractivity contribution in [2.45, 2.75) is 31.7 Å². The van der Waals surface area contributed by atoms with E-state index in [0.29, 0.717) is 24.7 Å². The number of hydrogen-bond donors (Lipinski definition) is 3. The van der Waals surface area contributed by atoms with Crippen LogP contribution in [0, 0.1) is 5.92 Å². The molecule has 3 N–H and O–H groups in total. The van der Waals surface area contributed by atoms with Crippen molar-refractivity contribution in [2.24, 2.45) is 13.0 Å². The third-order valence-corrected chi connectivity index (χ3v) is 3.18. The van der Waals surface area contributed by atoms with E-state index in [4.69, 9.17) is 5.11 Å². The van der Waals surface area contributed by atoms with Gasteiger partial charge in [-0.15, -0.1) is 0 Å². The van der Waals surface area contributed by atoms with Crippen LogP contribution in [-0.2, 0) is 18.3 Å². The highest BCUT2D eigenvalue weighted by Crippen LogP contribution is 2.33. The largest absolute Gasteiger partial charge is 0.481 e. The van der Waals surface area contributed by atoms with Crippen LogP contribution in [0.3, 0.4) is 0 Å². The van der Waals surface area contributed by atoms with Crippen LogP contribution in [0.5, 0.6) is 0 Å². The number of aryl methyl sites for hydroxylation is 1. The molecule has 8 nitrogen and oxygen atoms in total. The van der Waals surface area contributed by atoms with Crippen molar-refractivity contribution < 1.29 is 14.7 Å². The highest BCUT2D eigenvalue weighted by molar-refractivity contribution is 5.75. The number of rotatable bonds is 7. The summed E-state index contributed by atoms with van der Waals surface area (Å²) in [7, 11) is 1.78. The maximum Gasteiger partial charge on any atom is 0.315 e. The summed E-state index contributed by atoms with van der Waals surface area (Å²) in [5, 5.41) is 18.3. The van der Waals surface area contributed by atoms with E-state index in [2.05, 4.69) is 20.7 Å². The molecule has 1 saturated carbocycles. The Hall–Kier alpha value is -2.12. The molecule has 0 aromatic carbocycles. The lowest BCUT2D eigenvalue weighted by molar-refractivity contribution is -0.137. The normalized spacial score (nSPS) is 15.7. The van der Waals surface area contributed by atoms with Crippen molar-refractivity contribution in [1.82, 2.24) is 25.4 Å². The monoisotopic (exact) mass is 281 g/mol. The van der Waals surface area contributed by atoms with Crippen molar-refractivity contribution in [3.8, 4) is 0 Å². The molecule has 0 radical (unpaired) electrons. The van der Waals surface area contributed by atoms with Crippen LogP contribution in [-0.4, -0.2) is 44.5 Å². The molecule has 0 spiro atoms. The molecule has 110 valence electrons. The van der Waals surface area contributed by atoms with Gasteiger partial charge >= 0.3 is 12.0 Å². The summed E-state index contributed by atoms with van der Waals surface area (Å²) >= 11 is 0. The van der Waals surface area contributed by atoms with E-state index in [0.717, 1.165) is 12.8 Å². The van der Waals surface area contributed by atoms with Gasteiger partial charge in [0.15, 0.2) is 5.82 Å². The van der Waals surface area contributed by atoms with Gasteiger partial charge in [0.25, 0.3) is 0 Å². The van der Waals surface area contributed by atoms with Crippen LogP contribution in [0.4, 0.5) is 4.79 Å². The lowest BCUT2D eigenvalue weighted by Crippen LogP contribution is -2.44. The fraction of sp³-hybridized carbons (Fsp3) is 0.667. The summed E-state index contributed by atoms with van der Waals surface area (Å²) in [4.78, 5) is 26.5. The number of amides is 2. The third kappa shape index (κ3) is 4.52. The molecule has 2 rings (SSSR count). The van der Waals surface area contributed by atoms with Crippen molar-refractivity contribution in [3.05, 3.63) is 12.2 Å². The van der Waals surface area contributed by atoms with Crippen molar-refractivity contribution in [2.75, 3.05) is 6.54 Å². The van der Waals surface area contributed by atoms with E-state index in [1.165, 1.54) is 0 Å². The summed E-state index contributed by atoms with van der Waals surface area (Å²) < 4.78 is 1.60. The maximum atomic E-state index is 11.7. The van der Waals surface area contributed by atoms with Gasteiger partial charge in [-0.05, 0) is 18.8 Å². The Kier molecular flexibility index (Phi) is 4.54. The zero-order chi connectivity index (χ0) is 14.5. The number of urea groups is 1. The molecule has 1 unspecified atom stereocenters. The Balaban J connectivity index is 1.69. The summed E-state index contributed by atoms with van der Waals surface area (Å²) in [6.45, 7) is 0.417. The van der Waals surface area contributed by atoms with Crippen LogP contribution < -0.4 is 10.6 Å². The molecule has 1 aromatic heterocycles. The second-order valence-electron chi connectivity index (χ2n) is 5.03. The van der Waals surface area contributed by atoms with Gasteiger partial charge in [-0.1, -0.05) is 0 Å². The summed E-state index contributed by atoms with van der Waals surface area (Å²) in [6, 6.07) is -0.612. The average molecular weight is 281 g/mol. The fourth-order valence-corrected chi connectivity index (χ4v) is 2.03. The number of hydrogen-bond acceptors (Lipinski definition) is 4. The van der Waals surface area contributed by atoms with Crippen LogP contribution >= 0.6 is 0 Å². The zero-order valence-corrected chi connectivity index (χ0v) is 11.4. The predicted molar refractivity (Wildman–Crippen MR) is 70.0 cm³/mol. The van der Waals surface area contributed by atoms with Gasteiger partial charge in [0.05, 0.1) is 6.42 Å². The van der Waals surface area contributed by atoms with Crippen LogP contribution in [0.1, 0.15) is 25.1 Å². The highest BCUT2D eigenvalue weighted by atomic mass is 16.4. The minimum Gasteiger partial charge on any atom is -0.481 e. The lowest BCUT2D eigenvalue weighted by atomic mass is 10.1. The molecule has 1 fully saturated rings. The van der Waals surface area contributed by atoms with E-state index >= 15 is 0 Å². The van der Waals surface area contributed by atoms with Gasteiger partial charge in [-0.25, -0.2) is 9.78 Å². The predicted octanol–water partition coefficient (Wildman–Crippen LogP) is -0.0899. The van der Waals surface area contributed by atoms with E-state index < -0.39 is 5.97 Å². The number of carbonyl (C=O) groups excluding carboxylic acids is 1. The molecule has 8 heteroatoms. The Morgan fingerprint density at radius 2 is 2.30 bits per heavy atom. The number of carboxylic acid groups (broad SMARTS) is 1. The van der Waals surface area contributed by atoms with Crippen molar-refractivity contribution in [3.63, 3.8) is 0 Å². The van der Waals surface area contributed by atoms with E-state index in [9.17, 15) is 9.59 Å². The first-order chi connectivity index (χ1) is 9.54. The maximum absolute atomic E-state index is 11.7. The number of aliphatic carboxylic acids is 1. The standard InChI is InChI=1S/C12H19N5O3/c1-17-7-14-10(16-17)4-5-13-12(20)15-9(6-11(18)19)8-2-3-8/h7-9H,2-6H2,1H3,(H,18,19)(H2,13,15,20). The van der Waals surface area contributed by atoms with Crippen LogP contribution in [0.2, 0.25) is 0 Å². The molecular formula is C12H19N5O3. The Morgan fingerprint density at radius 3 is 2.85 bits per heavy atom. The highest BCUT2D eigenvalue weighted by Gasteiger charge is 2.33. The molecule has 0 saturated heterocycles. The molecule has 2 amide bonds. The van der Waals surface area contributed by atoms with E-state index in [1.807, 2.05) is 0 Å². The molecule has 20 heavy (non-hydrogen) atoms. The summed E-state index contributed by atoms with van der Waals surface area (Å²) in [5.74, 6) is 0.0753. The molecule has 1 atom stereocenters. The van der Waals surface area contributed by atoms with Gasteiger partial charge in [0.1, 0.15) is 6.33 Å². The Bertz CT molecular complexity index is 483. The first kappa shape index (κ1) is 14.3. The quantitative estimate of drug-likeness (QED) is 0.647. The number of nitrogens with zero attached hydrogens (tertiary/aromatic N) is 3. The molecule has 1 aliphatic rings. The Labute approximate surface area is 116 Å². The molecule has 1 aliphatic carbocycles. The molecule has 1 heterocycles. The van der Waals surface area contributed by atoms with Crippen molar-refractivity contribution >= 4 is 12.0 Å². The van der Waals surface area contributed by atoms with Gasteiger partial charge < -0.3 is 15.7 Å². The third-order valence-electron chi connectivity index (χ3n) is 3.18. The van der Waals surface area contributed by atoms with Gasteiger partial charge in [0, 0.05) is 26.1 Å². The van der Waals surface area contributed by atoms with Gasteiger partial charge in [0.2, 0.25) is 0 Å². The molecule has 1 aromatic rings. The second kappa shape index (κ2) is 6.36. The summed E-state index contributed by atoms with van der Waals surface area (Å²) in [5.41, 5.74) is 0. The SMILES string of the molecule is Cn1cnc(CCNC(=O)NC(CC(=O)O)C2CC2)n1. The number of nitrogens with one attached hydrogen (secondary N) is 2. The van der Waals surface area contributed by atoms with E-state index in [1.54, 1.807) is 18.1 Å². The topological polar surface area (TPSA) is 109 Å². The minimum absolute atomic E-state index is 0.0279. The van der Waals surface area contributed by atoms with Gasteiger partial charge in [-0.2, -0.15) is 5.10 Å². The van der Waals surface area contributed by atoms with Crippen LogP contribution in [0.25, 0.3) is 0 Å². The second-order valence-corrected chi connectivity index (χ2v) is 5.03. The summed E-state index contributed by atoms with van der Waals surface area (Å²) in [6.07, 6.45) is 4.08. The molecule has 0 bridgehead atoms. The zero-order valence-electron chi connectivity index (χ0n) is 11.4. The first-order valence-electron chi connectivity index (χ1n) is 6.65. The van der Waals surface area contributed by atoms with E-state index in [-0.39, 0.29) is 18.5 Å². The number of carbonyl (C=O) groups is 2. The number of carboxylic acids is 1. The smallest absolute Gasteiger partial charge is 0.315 e. The first-order valence-corrected chi connectivity index (χ1v) is 6.65. The Morgan fingerprint density at radius 1 is 1.55 bits per heavy atom.